The van der Waals surface area contributed by atoms with E-state index in [1.54, 1.807) is 11.8 Å². The zero-order chi connectivity index (χ0) is 26.9. The lowest BCUT2D eigenvalue weighted by atomic mass is 9.91. The van der Waals surface area contributed by atoms with Crippen molar-refractivity contribution in [1.29, 1.82) is 0 Å². The Morgan fingerprint density at radius 1 is 1.08 bits per heavy atom. The Balaban J connectivity index is 1.46. The number of aryl methyl sites for hydroxylation is 1. The molecular weight excluding hydrogens is 512 g/mol. The van der Waals surface area contributed by atoms with Crippen molar-refractivity contribution in [3.05, 3.63) is 59.2 Å². The van der Waals surface area contributed by atoms with Crippen molar-refractivity contribution in [2.24, 2.45) is 5.92 Å². The van der Waals surface area contributed by atoms with Crippen LogP contribution in [0.1, 0.15) is 66.4 Å². The first-order valence-electron chi connectivity index (χ1n) is 14.0. The van der Waals surface area contributed by atoms with Crippen LogP contribution in [0.25, 0.3) is 11.1 Å². The van der Waals surface area contributed by atoms with Crippen LogP contribution < -0.4 is 5.32 Å². The summed E-state index contributed by atoms with van der Waals surface area (Å²) in [4.78, 5) is 27.6. The number of carbonyl (C=O) groups excluding carboxylic acids is 1. The van der Waals surface area contributed by atoms with Crippen molar-refractivity contribution in [3.63, 3.8) is 0 Å². The van der Waals surface area contributed by atoms with Gasteiger partial charge in [0.2, 0.25) is 0 Å². The second kappa shape index (κ2) is 14.4. The lowest BCUT2D eigenvalue weighted by Crippen LogP contribution is -2.41. The number of carbonyl (C=O) groups is 2. The van der Waals surface area contributed by atoms with Crippen LogP contribution >= 0.6 is 23.5 Å². The van der Waals surface area contributed by atoms with E-state index in [1.165, 1.54) is 49.8 Å². The van der Waals surface area contributed by atoms with Crippen molar-refractivity contribution >= 4 is 35.4 Å². The van der Waals surface area contributed by atoms with Gasteiger partial charge < -0.3 is 10.4 Å². The minimum Gasteiger partial charge on any atom is -0.480 e. The highest BCUT2D eigenvalue weighted by atomic mass is 32.2. The first-order valence-corrected chi connectivity index (χ1v) is 16.4. The summed E-state index contributed by atoms with van der Waals surface area (Å²) in [5, 5.41) is 13.1. The fraction of sp³-hybridized carbons (Fsp3) is 0.548. The first kappa shape index (κ1) is 29.0. The van der Waals surface area contributed by atoms with Gasteiger partial charge in [-0.15, -0.1) is 0 Å². The predicted octanol–water partition coefficient (Wildman–Crippen LogP) is 6.49. The smallest absolute Gasteiger partial charge is 0.326 e. The zero-order valence-electron chi connectivity index (χ0n) is 22.8. The Morgan fingerprint density at radius 3 is 2.61 bits per heavy atom. The summed E-state index contributed by atoms with van der Waals surface area (Å²) in [6.07, 6.45) is 10.6. The quantitative estimate of drug-likeness (QED) is 0.313. The average molecular weight is 555 g/mol. The van der Waals surface area contributed by atoms with E-state index in [0.717, 1.165) is 42.2 Å². The molecule has 7 heteroatoms. The van der Waals surface area contributed by atoms with E-state index in [4.69, 9.17) is 0 Å². The second-order valence-corrected chi connectivity index (χ2v) is 13.1. The topological polar surface area (TPSA) is 69.6 Å². The summed E-state index contributed by atoms with van der Waals surface area (Å²) in [7, 11) is 0. The number of rotatable bonds is 12. The molecule has 0 spiro atoms. The molecule has 1 amide bonds. The third-order valence-electron chi connectivity index (χ3n) is 7.91. The molecule has 206 valence electrons. The van der Waals surface area contributed by atoms with E-state index < -0.39 is 12.0 Å². The third kappa shape index (κ3) is 8.03. The molecular formula is C31H42N2O3S2. The highest BCUT2D eigenvalue weighted by molar-refractivity contribution is 8.00. The molecule has 0 radical (unpaired) electrons. The summed E-state index contributed by atoms with van der Waals surface area (Å²) in [6.45, 7) is 5.15. The maximum Gasteiger partial charge on any atom is 0.326 e. The number of carboxylic acid groups (broad SMARTS) is 1. The molecule has 2 fully saturated rings. The Bertz CT molecular complexity index is 1090. The van der Waals surface area contributed by atoms with Gasteiger partial charge in [-0.3, -0.25) is 9.69 Å². The molecule has 2 aromatic carbocycles. The van der Waals surface area contributed by atoms with Gasteiger partial charge in [-0.25, -0.2) is 4.79 Å². The fourth-order valence-corrected chi connectivity index (χ4v) is 7.61. The summed E-state index contributed by atoms with van der Waals surface area (Å²) in [6, 6.07) is 13.2. The van der Waals surface area contributed by atoms with Crippen LogP contribution in [-0.2, 0) is 11.3 Å². The van der Waals surface area contributed by atoms with Crippen LogP contribution in [-0.4, -0.2) is 64.0 Å². The van der Waals surface area contributed by atoms with Gasteiger partial charge in [0, 0.05) is 23.9 Å². The molecule has 1 aliphatic heterocycles. The zero-order valence-corrected chi connectivity index (χ0v) is 24.4. The van der Waals surface area contributed by atoms with Crippen LogP contribution in [0.4, 0.5) is 0 Å². The van der Waals surface area contributed by atoms with Crippen molar-refractivity contribution in [3.8, 4) is 11.1 Å². The molecule has 2 atom stereocenters. The Labute approximate surface area is 236 Å². The monoisotopic (exact) mass is 554 g/mol. The molecule has 2 aromatic rings. The number of hydrogen-bond acceptors (Lipinski definition) is 5. The molecule has 2 N–H and O–H groups in total. The average Bonchev–Trinajstić information content (AvgIpc) is 3.37. The number of carboxylic acids is 1. The molecule has 4 rings (SSSR count). The van der Waals surface area contributed by atoms with E-state index in [9.17, 15) is 14.7 Å². The molecule has 38 heavy (non-hydrogen) atoms. The van der Waals surface area contributed by atoms with Gasteiger partial charge in [0.1, 0.15) is 6.04 Å². The van der Waals surface area contributed by atoms with Crippen LogP contribution in [0.3, 0.4) is 0 Å². The van der Waals surface area contributed by atoms with Crippen molar-refractivity contribution < 1.29 is 14.7 Å². The largest absolute Gasteiger partial charge is 0.480 e. The predicted molar refractivity (Wildman–Crippen MR) is 161 cm³/mol. The number of nitrogens with zero attached hydrogens (tertiary/aromatic N) is 1. The maximum absolute atomic E-state index is 13.3. The minimum absolute atomic E-state index is 0.330. The molecule has 2 unspecified atom stereocenters. The number of likely N-dealkylation sites (tertiary alicyclic amines) is 1. The van der Waals surface area contributed by atoms with E-state index >= 15 is 0 Å². The third-order valence-corrected chi connectivity index (χ3v) is 10.1. The highest BCUT2D eigenvalue weighted by Crippen LogP contribution is 2.33. The molecule has 5 nitrogen and oxygen atoms in total. The number of aliphatic carboxylic acids is 1. The van der Waals surface area contributed by atoms with Crippen molar-refractivity contribution in [2.75, 3.05) is 30.9 Å². The first-order chi connectivity index (χ1) is 18.4. The van der Waals surface area contributed by atoms with Gasteiger partial charge in [0.15, 0.2) is 0 Å². The number of nitrogens with one attached hydrogen (secondary N) is 1. The van der Waals surface area contributed by atoms with Gasteiger partial charge in [0.25, 0.3) is 5.91 Å². The number of amides is 1. The fourth-order valence-electron chi connectivity index (χ4n) is 5.68. The Kier molecular flexibility index (Phi) is 11.0. The maximum atomic E-state index is 13.3. The summed E-state index contributed by atoms with van der Waals surface area (Å²) >= 11 is 3.76. The van der Waals surface area contributed by atoms with Crippen molar-refractivity contribution in [1.82, 2.24) is 10.2 Å². The van der Waals surface area contributed by atoms with Crippen LogP contribution in [0, 0.1) is 12.8 Å². The van der Waals surface area contributed by atoms with Crippen LogP contribution in [0.2, 0.25) is 0 Å². The summed E-state index contributed by atoms with van der Waals surface area (Å²) < 4.78 is 0. The van der Waals surface area contributed by atoms with Gasteiger partial charge in [-0.1, -0.05) is 49.6 Å². The highest BCUT2D eigenvalue weighted by Gasteiger charge is 2.26. The molecule has 1 aliphatic carbocycles. The summed E-state index contributed by atoms with van der Waals surface area (Å²) in [5.41, 5.74) is 4.69. The number of benzene rings is 2. The lowest BCUT2D eigenvalue weighted by molar-refractivity contribution is -0.139. The van der Waals surface area contributed by atoms with E-state index in [-0.39, 0.29) is 5.91 Å². The minimum atomic E-state index is -0.994. The normalized spacial score (nSPS) is 19.4. The summed E-state index contributed by atoms with van der Waals surface area (Å²) in [5.74, 6) is 1.58. The van der Waals surface area contributed by atoms with E-state index in [2.05, 4.69) is 41.0 Å². The van der Waals surface area contributed by atoms with Gasteiger partial charge >= 0.3 is 5.97 Å². The molecule has 0 aromatic heterocycles. The lowest BCUT2D eigenvalue weighted by Gasteiger charge is -2.23. The van der Waals surface area contributed by atoms with Crippen LogP contribution in [0.5, 0.6) is 0 Å². The van der Waals surface area contributed by atoms with E-state index in [1.807, 2.05) is 36.6 Å². The van der Waals surface area contributed by atoms with Crippen molar-refractivity contribution in [2.45, 2.75) is 69.7 Å². The standard InChI is InChI=1S/C31H42N2O3S2/c1-22-8-6-7-11-26(22)28-18-24(12-13-27(28)30(34)32-29(31(35)36)15-17-37-2)19-33-16-14-25(20-33)38-21-23-9-4-3-5-10-23/h6-8,11-13,18,23,25,29H,3-5,9-10,14-17,19-21H2,1-2H3,(H,32,34)(H,35,36). The second-order valence-electron chi connectivity index (χ2n) is 10.8. The van der Waals surface area contributed by atoms with Crippen LogP contribution in [0.15, 0.2) is 42.5 Å². The molecule has 2 aliphatic rings. The van der Waals surface area contributed by atoms with Gasteiger partial charge in [-0.05, 0) is 97.2 Å². The Hall–Kier alpha value is -1.96. The van der Waals surface area contributed by atoms with E-state index in [0.29, 0.717) is 23.0 Å². The molecule has 1 saturated heterocycles. The molecule has 1 saturated carbocycles. The number of hydrogen-bond donors (Lipinski definition) is 2. The van der Waals surface area contributed by atoms with Gasteiger partial charge in [0.05, 0.1) is 0 Å². The Morgan fingerprint density at radius 2 is 1.87 bits per heavy atom. The molecule has 0 bridgehead atoms. The van der Waals surface area contributed by atoms with Gasteiger partial charge in [-0.2, -0.15) is 23.5 Å². The SMILES string of the molecule is CSCCC(NC(=O)c1ccc(CN2CCC(SCC3CCCCC3)C2)cc1-c1ccccc1C)C(=O)O. The molecule has 1 heterocycles. The number of thioether (sulfide) groups is 2.